The molecule has 3 nitrogen and oxygen atoms in total. The van der Waals surface area contributed by atoms with E-state index in [1.165, 1.54) is 30.9 Å². The van der Waals surface area contributed by atoms with Gasteiger partial charge in [-0.05, 0) is 26.4 Å². The molecule has 2 heterocycles. The Labute approximate surface area is 108 Å². The third-order valence-electron chi connectivity index (χ3n) is 3.65. The second kappa shape index (κ2) is 5.94. The number of hydrogen-bond acceptors (Lipinski definition) is 4. The van der Waals surface area contributed by atoms with Crippen LogP contribution in [0.25, 0.3) is 0 Å². The predicted molar refractivity (Wildman–Crippen MR) is 73.3 cm³/mol. The molecule has 1 saturated heterocycles. The summed E-state index contributed by atoms with van der Waals surface area (Å²) in [7, 11) is 4.42. The minimum absolute atomic E-state index is 0.718. The number of likely N-dealkylation sites (tertiary alicyclic amines) is 1. The number of nitrogens with zero attached hydrogens (tertiary/aromatic N) is 3. The Bertz CT molecular complexity index is 323. The molecule has 1 fully saturated rings. The van der Waals surface area contributed by atoms with E-state index in [2.05, 4.69) is 41.2 Å². The fraction of sp³-hybridized carbons (Fsp3) is 0.769. The Kier molecular flexibility index (Phi) is 4.54. The van der Waals surface area contributed by atoms with Crippen molar-refractivity contribution in [3.05, 3.63) is 16.6 Å². The van der Waals surface area contributed by atoms with Crippen LogP contribution in [-0.4, -0.2) is 48.0 Å². The van der Waals surface area contributed by atoms with Crippen molar-refractivity contribution in [1.29, 1.82) is 0 Å². The molecule has 0 spiro atoms. The monoisotopic (exact) mass is 253 g/mol. The van der Waals surface area contributed by atoms with Gasteiger partial charge in [0.2, 0.25) is 0 Å². The molecular weight excluding hydrogens is 230 g/mol. The molecule has 0 bridgehead atoms. The van der Waals surface area contributed by atoms with Crippen LogP contribution in [0.3, 0.4) is 0 Å². The zero-order valence-corrected chi connectivity index (χ0v) is 11.9. The third-order valence-corrected chi connectivity index (χ3v) is 4.41. The molecule has 1 aromatic heterocycles. The quantitative estimate of drug-likeness (QED) is 0.803. The maximum Gasteiger partial charge on any atom is 0.107 e. The highest BCUT2D eigenvalue weighted by molar-refractivity contribution is 7.09. The summed E-state index contributed by atoms with van der Waals surface area (Å²) in [5.74, 6) is 0.829. The van der Waals surface area contributed by atoms with Gasteiger partial charge in [0.05, 0.1) is 6.54 Å². The maximum absolute atomic E-state index is 4.38. The lowest BCUT2D eigenvalue weighted by atomic mass is 9.98. The molecule has 0 saturated carbocycles. The lowest BCUT2D eigenvalue weighted by Gasteiger charge is -2.24. The SMILES string of the molecule is CCC[C@@H]1CN(Cc2nccs2)C[C@H]1N(C)C. The number of aromatic nitrogens is 1. The van der Waals surface area contributed by atoms with Crippen molar-refractivity contribution in [2.24, 2.45) is 5.92 Å². The van der Waals surface area contributed by atoms with Gasteiger partial charge in [-0.3, -0.25) is 4.90 Å². The number of thiazole rings is 1. The van der Waals surface area contributed by atoms with E-state index < -0.39 is 0 Å². The summed E-state index contributed by atoms with van der Waals surface area (Å²) < 4.78 is 0. The Morgan fingerprint density at radius 2 is 2.29 bits per heavy atom. The average molecular weight is 253 g/mol. The van der Waals surface area contributed by atoms with Crippen LogP contribution >= 0.6 is 11.3 Å². The van der Waals surface area contributed by atoms with Crippen molar-refractivity contribution < 1.29 is 0 Å². The summed E-state index contributed by atoms with van der Waals surface area (Å²) in [4.78, 5) is 9.33. The van der Waals surface area contributed by atoms with Gasteiger partial charge in [0.1, 0.15) is 5.01 Å². The van der Waals surface area contributed by atoms with Crippen LogP contribution in [0.2, 0.25) is 0 Å². The van der Waals surface area contributed by atoms with Crippen molar-refractivity contribution in [2.45, 2.75) is 32.4 Å². The molecule has 17 heavy (non-hydrogen) atoms. The first kappa shape index (κ1) is 13.0. The molecule has 1 aliphatic rings. The van der Waals surface area contributed by atoms with Crippen molar-refractivity contribution >= 4 is 11.3 Å². The van der Waals surface area contributed by atoms with E-state index in [4.69, 9.17) is 0 Å². The molecule has 1 aliphatic heterocycles. The van der Waals surface area contributed by atoms with Gasteiger partial charge in [0, 0.05) is 30.7 Å². The van der Waals surface area contributed by atoms with E-state index in [-0.39, 0.29) is 0 Å². The summed E-state index contributed by atoms with van der Waals surface area (Å²) in [5, 5.41) is 3.32. The van der Waals surface area contributed by atoms with Crippen LogP contribution in [0, 0.1) is 5.92 Å². The average Bonchev–Trinajstić information content (AvgIpc) is 2.89. The molecule has 0 amide bonds. The summed E-state index contributed by atoms with van der Waals surface area (Å²) >= 11 is 1.77. The number of rotatable bonds is 5. The van der Waals surface area contributed by atoms with Gasteiger partial charge < -0.3 is 4.90 Å². The van der Waals surface area contributed by atoms with Crippen LogP contribution in [0.5, 0.6) is 0 Å². The zero-order valence-electron chi connectivity index (χ0n) is 11.1. The molecule has 2 rings (SSSR count). The first-order chi connectivity index (χ1) is 8.20. The van der Waals surface area contributed by atoms with Crippen LogP contribution < -0.4 is 0 Å². The molecule has 0 unspecified atom stereocenters. The Morgan fingerprint density at radius 3 is 2.88 bits per heavy atom. The lowest BCUT2D eigenvalue weighted by molar-refractivity contribution is 0.239. The topological polar surface area (TPSA) is 19.4 Å². The van der Waals surface area contributed by atoms with E-state index in [1.54, 1.807) is 11.3 Å². The summed E-state index contributed by atoms with van der Waals surface area (Å²) in [6, 6.07) is 0.718. The van der Waals surface area contributed by atoms with Gasteiger partial charge in [-0.25, -0.2) is 4.98 Å². The van der Waals surface area contributed by atoms with Gasteiger partial charge in [0.25, 0.3) is 0 Å². The zero-order chi connectivity index (χ0) is 12.3. The first-order valence-corrected chi connectivity index (χ1v) is 7.35. The largest absolute Gasteiger partial charge is 0.305 e. The van der Waals surface area contributed by atoms with E-state index in [0.717, 1.165) is 18.5 Å². The molecule has 96 valence electrons. The fourth-order valence-electron chi connectivity index (χ4n) is 2.83. The van der Waals surface area contributed by atoms with E-state index >= 15 is 0 Å². The van der Waals surface area contributed by atoms with Crippen molar-refractivity contribution in [3.63, 3.8) is 0 Å². The number of hydrogen-bond donors (Lipinski definition) is 0. The van der Waals surface area contributed by atoms with Gasteiger partial charge in [-0.1, -0.05) is 13.3 Å². The Morgan fingerprint density at radius 1 is 1.47 bits per heavy atom. The predicted octanol–water partition coefficient (Wildman–Crippen LogP) is 2.31. The highest BCUT2D eigenvalue weighted by Gasteiger charge is 2.33. The number of likely N-dealkylation sites (N-methyl/N-ethyl adjacent to an activating group) is 1. The Balaban J connectivity index is 1.94. The van der Waals surface area contributed by atoms with Gasteiger partial charge in [0.15, 0.2) is 0 Å². The summed E-state index contributed by atoms with van der Waals surface area (Å²) in [6.07, 6.45) is 4.54. The lowest BCUT2D eigenvalue weighted by Crippen LogP contribution is -2.35. The highest BCUT2D eigenvalue weighted by Crippen LogP contribution is 2.26. The molecule has 1 aromatic rings. The standard InChI is InChI=1S/C13H23N3S/c1-4-5-11-8-16(9-12(11)15(2)3)10-13-14-6-7-17-13/h6-7,11-12H,4-5,8-10H2,1-3H3/t11-,12-/m1/s1. The normalized spacial score (nSPS) is 25.9. The van der Waals surface area contributed by atoms with Crippen LogP contribution in [-0.2, 0) is 6.54 Å². The maximum atomic E-state index is 4.38. The van der Waals surface area contributed by atoms with E-state index in [0.29, 0.717) is 0 Å². The van der Waals surface area contributed by atoms with Crippen molar-refractivity contribution in [2.75, 3.05) is 27.2 Å². The Hall–Kier alpha value is -0.450. The van der Waals surface area contributed by atoms with E-state index in [9.17, 15) is 0 Å². The van der Waals surface area contributed by atoms with Crippen LogP contribution in [0.15, 0.2) is 11.6 Å². The van der Waals surface area contributed by atoms with Crippen molar-refractivity contribution in [3.8, 4) is 0 Å². The highest BCUT2D eigenvalue weighted by atomic mass is 32.1. The summed E-state index contributed by atoms with van der Waals surface area (Å²) in [5.41, 5.74) is 0. The molecule has 4 heteroatoms. The molecule has 0 aliphatic carbocycles. The second-order valence-corrected chi connectivity index (χ2v) is 6.18. The minimum Gasteiger partial charge on any atom is -0.305 e. The molecule has 0 radical (unpaired) electrons. The molecule has 0 N–H and O–H groups in total. The minimum atomic E-state index is 0.718. The van der Waals surface area contributed by atoms with Gasteiger partial charge in [-0.15, -0.1) is 11.3 Å². The first-order valence-electron chi connectivity index (χ1n) is 6.48. The van der Waals surface area contributed by atoms with Crippen LogP contribution in [0.4, 0.5) is 0 Å². The molecular formula is C13H23N3S. The summed E-state index contributed by atoms with van der Waals surface area (Å²) in [6.45, 7) is 5.74. The smallest absolute Gasteiger partial charge is 0.107 e. The van der Waals surface area contributed by atoms with Crippen LogP contribution in [0.1, 0.15) is 24.8 Å². The molecule has 0 aromatic carbocycles. The third kappa shape index (κ3) is 3.27. The van der Waals surface area contributed by atoms with Gasteiger partial charge >= 0.3 is 0 Å². The molecule has 2 atom stereocenters. The second-order valence-electron chi connectivity index (χ2n) is 5.20. The fourth-order valence-corrected chi connectivity index (χ4v) is 3.49. The van der Waals surface area contributed by atoms with E-state index in [1.807, 2.05) is 6.20 Å². The van der Waals surface area contributed by atoms with Gasteiger partial charge in [-0.2, -0.15) is 0 Å². The van der Waals surface area contributed by atoms with Crippen molar-refractivity contribution in [1.82, 2.24) is 14.8 Å².